The highest BCUT2D eigenvalue weighted by atomic mass is 79.9. The number of amides is 1. The van der Waals surface area contributed by atoms with Crippen molar-refractivity contribution in [2.45, 2.75) is 18.1 Å². The Balaban J connectivity index is 1.50. The van der Waals surface area contributed by atoms with Gasteiger partial charge in [-0.3, -0.25) is 9.59 Å². The quantitative estimate of drug-likeness (QED) is 0.447. The zero-order chi connectivity index (χ0) is 20.6. The first-order valence-electron chi connectivity index (χ1n) is 8.87. The molecule has 3 rings (SSSR count). The zero-order valence-electron chi connectivity index (χ0n) is 15.4. The summed E-state index contributed by atoms with van der Waals surface area (Å²) in [5.41, 5.74) is 2.10. The van der Waals surface area contributed by atoms with Crippen molar-refractivity contribution in [3.8, 4) is 0 Å². The predicted molar refractivity (Wildman–Crippen MR) is 122 cm³/mol. The fourth-order valence-electron chi connectivity index (χ4n) is 2.63. The summed E-state index contributed by atoms with van der Waals surface area (Å²) in [4.78, 5) is 29.1. The maximum Gasteiger partial charge on any atom is 0.316 e. The number of carboxylic acids is 1. The highest BCUT2D eigenvalue weighted by Gasteiger charge is 2.20. The number of nitrogens with zero attached hydrogens (tertiary/aromatic N) is 1. The summed E-state index contributed by atoms with van der Waals surface area (Å²) in [5, 5.41) is 12.1. The molecule has 1 heterocycles. The maximum absolute atomic E-state index is 12.2. The second kappa shape index (κ2) is 10.6. The second-order valence-corrected chi connectivity index (χ2v) is 9.53. The number of rotatable bonds is 9. The Morgan fingerprint density at radius 1 is 1.10 bits per heavy atom. The molecule has 0 fully saturated rings. The van der Waals surface area contributed by atoms with Gasteiger partial charge in [-0.2, -0.15) is 0 Å². The van der Waals surface area contributed by atoms with Crippen LogP contribution < -0.4 is 5.32 Å². The number of aromatic nitrogens is 1. The van der Waals surface area contributed by atoms with Crippen LogP contribution in [0.25, 0.3) is 0 Å². The fraction of sp³-hybridized carbons (Fsp3) is 0.190. The standard InChI is InChI=1S/C21H19BrN2O3S2/c22-16-8-6-15(7-9-16)11-18(20(26)27)28-13-19(25)24-21-23-12-17(29-21)10-14-4-2-1-3-5-14/h1-9,12,18H,10-11,13H2,(H,26,27)(H,23,24,25)/t18-/m0/s1. The number of thiazole rings is 1. The average Bonchev–Trinajstić information content (AvgIpc) is 3.13. The first kappa shape index (κ1) is 21.5. The lowest BCUT2D eigenvalue weighted by Gasteiger charge is -2.12. The number of carboxylic acid groups (broad SMARTS) is 1. The van der Waals surface area contributed by atoms with Crippen LogP contribution in [0, 0.1) is 0 Å². The van der Waals surface area contributed by atoms with Crippen molar-refractivity contribution < 1.29 is 14.7 Å². The SMILES string of the molecule is O=C(CS[C@@H](Cc1ccc(Br)cc1)C(=O)O)Nc1ncc(Cc2ccccc2)s1. The molecule has 29 heavy (non-hydrogen) atoms. The van der Waals surface area contributed by atoms with Crippen LogP contribution in [0.3, 0.4) is 0 Å². The van der Waals surface area contributed by atoms with Gasteiger partial charge in [0.05, 0.1) is 5.75 Å². The van der Waals surface area contributed by atoms with Crippen LogP contribution in [0.15, 0.2) is 65.3 Å². The lowest BCUT2D eigenvalue weighted by Crippen LogP contribution is -2.23. The zero-order valence-corrected chi connectivity index (χ0v) is 18.6. The van der Waals surface area contributed by atoms with Gasteiger partial charge in [0.1, 0.15) is 5.25 Å². The van der Waals surface area contributed by atoms with Gasteiger partial charge in [-0.1, -0.05) is 58.4 Å². The van der Waals surface area contributed by atoms with Crippen molar-refractivity contribution in [2.75, 3.05) is 11.1 Å². The molecule has 1 amide bonds. The van der Waals surface area contributed by atoms with E-state index in [9.17, 15) is 14.7 Å². The van der Waals surface area contributed by atoms with E-state index in [-0.39, 0.29) is 11.7 Å². The Bertz CT molecular complexity index is 962. The molecule has 0 aliphatic carbocycles. The first-order valence-corrected chi connectivity index (χ1v) is 11.5. The maximum atomic E-state index is 12.2. The molecule has 1 atom stereocenters. The Hall–Kier alpha value is -2.16. The number of carbonyl (C=O) groups excluding carboxylic acids is 1. The van der Waals surface area contributed by atoms with Gasteiger partial charge in [-0.25, -0.2) is 4.98 Å². The van der Waals surface area contributed by atoms with E-state index in [1.807, 2.05) is 54.6 Å². The van der Waals surface area contributed by atoms with Crippen molar-refractivity contribution in [1.29, 1.82) is 0 Å². The average molecular weight is 491 g/mol. The van der Waals surface area contributed by atoms with Gasteiger partial charge >= 0.3 is 5.97 Å². The summed E-state index contributed by atoms with van der Waals surface area (Å²) in [7, 11) is 0. The molecule has 150 valence electrons. The smallest absolute Gasteiger partial charge is 0.316 e. The highest BCUT2D eigenvalue weighted by molar-refractivity contribution is 9.10. The Morgan fingerprint density at radius 2 is 1.83 bits per heavy atom. The summed E-state index contributed by atoms with van der Waals surface area (Å²) >= 11 is 5.91. The molecular weight excluding hydrogens is 472 g/mol. The molecular formula is C21H19BrN2O3S2. The molecule has 5 nitrogen and oxygen atoms in total. The van der Waals surface area contributed by atoms with E-state index in [0.717, 1.165) is 33.1 Å². The molecule has 2 aromatic carbocycles. The van der Waals surface area contributed by atoms with Crippen LogP contribution in [-0.4, -0.2) is 33.0 Å². The highest BCUT2D eigenvalue weighted by Crippen LogP contribution is 2.23. The van der Waals surface area contributed by atoms with E-state index >= 15 is 0 Å². The van der Waals surface area contributed by atoms with E-state index < -0.39 is 11.2 Å². The van der Waals surface area contributed by atoms with E-state index in [0.29, 0.717) is 11.6 Å². The van der Waals surface area contributed by atoms with Gasteiger partial charge in [0.25, 0.3) is 0 Å². The van der Waals surface area contributed by atoms with Crippen molar-refractivity contribution in [3.63, 3.8) is 0 Å². The van der Waals surface area contributed by atoms with Gasteiger partial charge in [0.2, 0.25) is 5.91 Å². The molecule has 0 bridgehead atoms. The van der Waals surface area contributed by atoms with E-state index in [1.165, 1.54) is 16.9 Å². The molecule has 8 heteroatoms. The van der Waals surface area contributed by atoms with Gasteiger partial charge in [-0.15, -0.1) is 23.1 Å². The minimum absolute atomic E-state index is 0.0566. The van der Waals surface area contributed by atoms with Crippen molar-refractivity contribution in [3.05, 3.63) is 81.3 Å². The summed E-state index contributed by atoms with van der Waals surface area (Å²) in [6, 6.07) is 17.6. The van der Waals surface area contributed by atoms with E-state index in [1.54, 1.807) is 6.20 Å². The Morgan fingerprint density at radius 3 is 2.52 bits per heavy atom. The number of anilines is 1. The third-order valence-electron chi connectivity index (χ3n) is 4.05. The van der Waals surface area contributed by atoms with Crippen LogP contribution in [0.2, 0.25) is 0 Å². The molecule has 3 aromatic rings. The number of hydrogen-bond acceptors (Lipinski definition) is 5. The monoisotopic (exact) mass is 490 g/mol. The van der Waals surface area contributed by atoms with Gasteiger partial charge in [-0.05, 0) is 29.7 Å². The third-order valence-corrected chi connectivity index (χ3v) is 6.69. The van der Waals surface area contributed by atoms with Crippen molar-refractivity contribution in [2.24, 2.45) is 0 Å². The Labute approximate surface area is 185 Å². The third kappa shape index (κ3) is 6.99. The molecule has 0 spiro atoms. The minimum Gasteiger partial charge on any atom is -0.480 e. The van der Waals surface area contributed by atoms with Crippen LogP contribution in [0.5, 0.6) is 0 Å². The van der Waals surface area contributed by atoms with Crippen LogP contribution >= 0.6 is 39.0 Å². The normalized spacial score (nSPS) is 11.8. The number of halogens is 1. The molecule has 0 radical (unpaired) electrons. The molecule has 0 aliphatic rings. The summed E-state index contributed by atoms with van der Waals surface area (Å²) in [6.07, 6.45) is 2.88. The fourth-order valence-corrected chi connectivity index (χ4v) is 4.63. The summed E-state index contributed by atoms with van der Waals surface area (Å²) < 4.78 is 0.940. The lowest BCUT2D eigenvalue weighted by molar-refractivity contribution is -0.136. The molecule has 0 saturated carbocycles. The molecule has 0 unspecified atom stereocenters. The minimum atomic E-state index is -0.926. The number of benzene rings is 2. The largest absolute Gasteiger partial charge is 0.480 e. The van der Waals surface area contributed by atoms with Crippen LogP contribution in [0.4, 0.5) is 5.13 Å². The molecule has 1 aromatic heterocycles. The first-order chi connectivity index (χ1) is 14.0. The summed E-state index contributed by atoms with van der Waals surface area (Å²) in [5.74, 6) is -1.12. The number of nitrogens with one attached hydrogen (secondary N) is 1. The topological polar surface area (TPSA) is 79.3 Å². The summed E-state index contributed by atoms with van der Waals surface area (Å²) in [6.45, 7) is 0. The Kier molecular flexibility index (Phi) is 7.85. The molecule has 0 saturated heterocycles. The van der Waals surface area contributed by atoms with Gasteiger partial charge in [0.15, 0.2) is 5.13 Å². The van der Waals surface area contributed by atoms with Crippen LogP contribution in [0.1, 0.15) is 16.0 Å². The number of hydrogen-bond donors (Lipinski definition) is 2. The van der Waals surface area contributed by atoms with E-state index in [4.69, 9.17) is 0 Å². The number of carbonyl (C=O) groups is 2. The number of thioether (sulfide) groups is 1. The molecule has 0 aliphatic heterocycles. The van der Waals surface area contributed by atoms with Gasteiger partial charge in [0, 0.05) is 22.0 Å². The lowest BCUT2D eigenvalue weighted by atomic mass is 10.1. The van der Waals surface area contributed by atoms with Crippen LogP contribution in [-0.2, 0) is 22.4 Å². The molecule has 2 N–H and O–H groups in total. The number of aliphatic carboxylic acids is 1. The predicted octanol–water partition coefficient (Wildman–Crippen LogP) is 4.86. The van der Waals surface area contributed by atoms with Crippen molar-refractivity contribution >= 4 is 56.0 Å². The second-order valence-electron chi connectivity index (χ2n) is 6.31. The van der Waals surface area contributed by atoms with Crippen molar-refractivity contribution in [1.82, 2.24) is 4.98 Å². The van der Waals surface area contributed by atoms with E-state index in [2.05, 4.69) is 26.2 Å². The van der Waals surface area contributed by atoms with Gasteiger partial charge < -0.3 is 10.4 Å².